The average Bonchev–Trinajstić information content (AvgIpc) is 3.37. The highest BCUT2D eigenvalue weighted by Crippen LogP contribution is 2.44. The predicted molar refractivity (Wildman–Crippen MR) is 88.5 cm³/mol. The minimum atomic E-state index is -0.978. The number of hydrazine groups is 1. The van der Waals surface area contributed by atoms with Crippen LogP contribution < -0.4 is 21.2 Å². The van der Waals surface area contributed by atoms with Crippen molar-refractivity contribution in [2.45, 2.75) is 24.9 Å². The van der Waals surface area contributed by atoms with Crippen molar-refractivity contribution in [3.8, 4) is 5.75 Å². The van der Waals surface area contributed by atoms with Crippen LogP contribution in [0.1, 0.15) is 18.4 Å². The fraction of sp³-hybridized carbons (Fsp3) is 0.412. The van der Waals surface area contributed by atoms with Gasteiger partial charge in [0, 0.05) is 7.05 Å². The van der Waals surface area contributed by atoms with E-state index in [4.69, 9.17) is 10.5 Å². The zero-order chi connectivity index (χ0) is 17.3. The number of hydrogen-bond donors (Lipinski definition) is 3. The third-order valence-electron chi connectivity index (χ3n) is 4.56. The van der Waals surface area contributed by atoms with Gasteiger partial charge in [0.05, 0.1) is 13.7 Å². The first-order valence-electron chi connectivity index (χ1n) is 7.93. The van der Waals surface area contributed by atoms with E-state index in [9.17, 15) is 9.59 Å². The first kappa shape index (κ1) is 16.3. The van der Waals surface area contributed by atoms with E-state index in [0.717, 1.165) is 24.2 Å². The fourth-order valence-electron chi connectivity index (χ4n) is 3.04. The summed E-state index contributed by atoms with van der Waals surface area (Å²) in [5, 5.41) is 4.31. The van der Waals surface area contributed by atoms with E-state index in [-0.39, 0.29) is 11.8 Å². The number of nitrogens with zero attached hydrogens (tertiary/aromatic N) is 1. The Kier molecular flexibility index (Phi) is 4.19. The van der Waals surface area contributed by atoms with Gasteiger partial charge in [-0.2, -0.15) is 0 Å². The molecule has 1 aliphatic carbocycles. The number of methoxy groups -OCH3 is 1. The first-order valence-corrected chi connectivity index (χ1v) is 7.93. The van der Waals surface area contributed by atoms with Gasteiger partial charge in [0.2, 0.25) is 5.91 Å². The lowest BCUT2D eigenvalue weighted by molar-refractivity contribution is -0.125. The van der Waals surface area contributed by atoms with E-state index < -0.39 is 11.4 Å². The number of benzene rings is 1. The molecule has 2 aliphatic rings. The zero-order valence-electron chi connectivity index (χ0n) is 13.8. The summed E-state index contributed by atoms with van der Waals surface area (Å²) >= 11 is 0. The minimum Gasteiger partial charge on any atom is -0.497 e. The number of nitrogens with one attached hydrogen (secondary N) is 2. The van der Waals surface area contributed by atoms with Gasteiger partial charge in [-0.15, -0.1) is 0 Å². The van der Waals surface area contributed by atoms with Crippen molar-refractivity contribution in [3.05, 3.63) is 41.6 Å². The number of ether oxygens (including phenoxy) is 1. The third-order valence-corrected chi connectivity index (χ3v) is 4.56. The topological polar surface area (TPSA) is 96.7 Å². The molecule has 1 atom stereocenters. The molecule has 1 saturated carbocycles. The number of hydrogen-bond acceptors (Lipinski definition) is 5. The van der Waals surface area contributed by atoms with E-state index in [1.807, 2.05) is 24.3 Å². The van der Waals surface area contributed by atoms with Crippen molar-refractivity contribution >= 4 is 11.8 Å². The molecule has 0 radical (unpaired) electrons. The summed E-state index contributed by atoms with van der Waals surface area (Å²) in [6, 6.07) is 7.56. The van der Waals surface area contributed by atoms with Crippen LogP contribution in [0.4, 0.5) is 0 Å². The maximum absolute atomic E-state index is 12.2. The first-order chi connectivity index (χ1) is 11.5. The summed E-state index contributed by atoms with van der Waals surface area (Å²) < 4.78 is 5.15. The predicted octanol–water partition coefficient (Wildman–Crippen LogP) is 0.279. The highest BCUT2D eigenvalue weighted by molar-refractivity contribution is 5.97. The summed E-state index contributed by atoms with van der Waals surface area (Å²) in [6.07, 6.45) is 3.52. The molecule has 0 bridgehead atoms. The van der Waals surface area contributed by atoms with Gasteiger partial charge < -0.3 is 15.8 Å². The van der Waals surface area contributed by atoms with E-state index >= 15 is 0 Å². The molecule has 0 saturated heterocycles. The largest absolute Gasteiger partial charge is 0.497 e. The van der Waals surface area contributed by atoms with Crippen molar-refractivity contribution in [1.82, 2.24) is 15.8 Å². The van der Waals surface area contributed by atoms with Crippen LogP contribution in [-0.4, -0.2) is 36.5 Å². The summed E-state index contributed by atoms with van der Waals surface area (Å²) in [4.78, 5) is 24.3. The minimum absolute atomic E-state index is 0.135. The number of primary amides is 1. The van der Waals surface area contributed by atoms with Crippen molar-refractivity contribution < 1.29 is 14.3 Å². The second kappa shape index (κ2) is 6.16. The maximum atomic E-state index is 12.2. The van der Waals surface area contributed by atoms with E-state index in [0.29, 0.717) is 12.2 Å². The molecule has 0 spiro atoms. The van der Waals surface area contributed by atoms with E-state index in [2.05, 4.69) is 10.7 Å². The standard InChI is InChI=1S/C17H22N4O3/c1-19-15(22)14-9-17(16(18)23,12-5-6-12)20-21(14)10-11-3-7-13(24-2)8-4-11/h3-4,7-9,12,20H,5-6,10H2,1-2H3,(H2,18,23)(H,19,22). The number of nitrogens with two attached hydrogens (primary N) is 1. The van der Waals surface area contributed by atoms with Crippen LogP contribution in [0.2, 0.25) is 0 Å². The van der Waals surface area contributed by atoms with Gasteiger partial charge in [-0.1, -0.05) is 12.1 Å². The van der Waals surface area contributed by atoms with Crippen LogP contribution in [0, 0.1) is 5.92 Å². The number of likely N-dealkylation sites (N-methyl/N-ethyl adjacent to an activating group) is 1. The van der Waals surface area contributed by atoms with Gasteiger partial charge in [-0.3, -0.25) is 14.6 Å². The van der Waals surface area contributed by atoms with Gasteiger partial charge in [-0.05, 0) is 42.5 Å². The number of carbonyl (C=O) groups excluding carboxylic acids is 2. The maximum Gasteiger partial charge on any atom is 0.268 e. The number of rotatable bonds is 6. The van der Waals surface area contributed by atoms with Crippen molar-refractivity contribution in [1.29, 1.82) is 0 Å². The van der Waals surface area contributed by atoms with Crippen LogP contribution in [0.15, 0.2) is 36.0 Å². The third kappa shape index (κ3) is 2.82. The molecule has 1 aromatic carbocycles. The molecule has 4 N–H and O–H groups in total. The molecule has 2 amide bonds. The summed E-state index contributed by atoms with van der Waals surface area (Å²) in [5.41, 5.74) is 9.25. The van der Waals surface area contributed by atoms with Gasteiger partial charge in [0.25, 0.3) is 5.91 Å². The van der Waals surface area contributed by atoms with Gasteiger partial charge in [0.15, 0.2) is 0 Å². The smallest absolute Gasteiger partial charge is 0.268 e. The average molecular weight is 330 g/mol. The molecular formula is C17H22N4O3. The molecule has 0 aromatic heterocycles. The Bertz CT molecular complexity index is 682. The molecule has 1 aliphatic heterocycles. The molecule has 7 heteroatoms. The van der Waals surface area contributed by atoms with Crippen LogP contribution in [0.25, 0.3) is 0 Å². The monoisotopic (exact) mass is 330 g/mol. The molecule has 3 rings (SSSR count). The lowest BCUT2D eigenvalue weighted by atomic mass is 9.93. The van der Waals surface area contributed by atoms with Crippen molar-refractivity contribution in [2.24, 2.45) is 11.7 Å². The summed E-state index contributed by atoms with van der Waals surface area (Å²) in [5.74, 6) is 0.193. The van der Waals surface area contributed by atoms with Crippen molar-refractivity contribution in [2.75, 3.05) is 14.2 Å². The van der Waals surface area contributed by atoms with Crippen LogP contribution in [-0.2, 0) is 16.1 Å². The highest BCUT2D eigenvalue weighted by atomic mass is 16.5. The molecule has 1 fully saturated rings. The Labute approximate surface area is 140 Å². The molecule has 1 aromatic rings. The number of carbonyl (C=O) groups is 2. The Morgan fingerprint density at radius 3 is 2.54 bits per heavy atom. The highest BCUT2D eigenvalue weighted by Gasteiger charge is 2.53. The Morgan fingerprint density at radius 2 is 2.04 bits per heavy atom. The summed E-state index contributed by atoms with van der Waals surface area (Å²) in [6.45, 7) is 0.436. The Hall–Kier alpha value is -2.54. The second-order valence-corrected chi connectivity index (χ2v) is 6.16. The van der Waals surface area contributed by atoms with Gasteiger partial charge in [0.1, 0.15) is 17.0 Å². The van der Waals surface area contributed by atoms with Gasteiger partial charge in [-0.25, -0.2) is 5.43 Å². The Balaban J connectivity index is 1.87. The van der Waals surface area contributed by atoms with Crippen LogP contribution in [0.3, 0.4) is 0 Å². The van der Waals surface area contributed by atoms with Crippen molar-refractivity contribution in [3.63, 3.8) is 0 Å². The molecule has 128 valence electrons. The molecule has 1 heterocycles. The number of amides is 2. The molecular weight excluding hydrogens is 308 g/mol. The van der Waals surface area contributed by atoms with E-state index in [1.165, 1.54) is 0 Å². The van der Waals surface area contributed by atoms with Gasteiger partial charge >= 0.3 is 0 Å². The van der Waals surface area contributed by atoms with Crippen LogP contribution in [0.5, 0.6) is 5.75 Å². The lowest BCUT2D eigenvalue weighted by Gasteiger charge is -2.29. The van der Waals surface area contributed by atoms with E-state index in [1.54, 1.807) is 25.2 Å². The normalized spacial score (nSPS) is 22.9. The SMILES string of the molecule is CNC(=O)C1=CC(C(N)=O)(C2CC2)NN1Cc1ccc(OC)cc1. The second-order valence-electron chi connectivity index (χ2n) is 6.16. The molecule has 7 nitrogen and oxygen atoms in total. The zero-order valence-corrected chi connectivity index (χ0v) is 13.8. The lowest BCUT2D eigenvalue weighted by Crippen LogP contribution is -2.57. The molecule has 24 heavy (non-hydrogen) atoms. The van der Waals surface area contributed by atoms with Crippen LogP contribution >= 0.6 is 0 Å². The Morgan fingerprint density at radius 1 is 1.38 bits per heavy atom. The molecule has 1 unspecified atom stereocenters. The summed E-state index contributed by atoms with van der Waals surface area (Å²) in [7, 11) is 3.18. The quantitative estimate of drug-likeness (QED) is 0.696. The fourth-order valence-corrected chi connectivity index (χ4v) is 3.04.